The van der Waals surface area contributed by atoms with Crippen LogP contribution in [0.4, 0.5) is 5.69 Å². The molecule has 7 nitrogen and oxygen atoms in total. The van der Waals surface area contributed by atoms with Crippen LogP contribution in [0.25, 0.3) is 0 Å². The third kappa shape index (κ3) is 7.23. The lowest BCUT2D eigenvalue weighted by atomic mass is 10.1. The zero-order chi connectivity index (χ0) is 21.4. The molecule has 0 heterocycles. The summed E-state index contributed by atoms with van der Waals surface area (Å²) in [6.45, 7) is 5.55. The van der Waals surface area contributed by atoms with Gasteiger partial charge >= 0.3 is 0 Å². The Bertz CT molecular complexity index is 937. The van der Waals surface area contributed by atoms with E-state index in [9.17, 15) is 13.2 Å². The molecule has 0 aromatic heterocycles. The smallest absolute Gasteiger partial charge is 0.260 e. The van der Waals surface area contributed by atoms with Crippen molar-refractivity contribution in [3.05, 3.63) is 59.7 Å². The van der Waals surface area contributed by atoms with Gasteiger partial charge in [0.2, 0.25) is 10.0 Å². The highest BCUT2D eigenvalue weighted by atomic mass is 32.2. The molecule has 8 heteroatoms. The van der Waals surface area contributed by atoms with Crippen molar-refractivity contribution in [3.8, 4) is 5.75 Å². The Morgan fingerprint density at radius 1 is 1.14 bits per heavy atom. The lowest BCUT2D eigenvalue weighted by Crippen LogP contribution is -2.39. The highest BCUT2D eigenvalue weighted by Crippen LogP contribution is 2.18. The van der Waals surface area contributed by atoms with Crippen molar-refractivity contribution in [3.63, 3.8) is 0 Å². The van der Waals surface area contributed by atoms with Crippen LogP contribution >= 0.6 is 0 Å². The number of hydrazone groups is 1. The molecule has 29 heavy (non-hydrogen) atoms. The lowest BCUT2D eigenvalue weighted by molar-refractivity contribution is -0.119. The number of hydrogen-bond donors (Lipinski definition) is 1. The van der Waals surface area contributed by atoms with Gasteiger partial charge in [0.1, 0.15) is 12.3 Å². The summed E-state index contributed by atoms with van der Waals surface area (Å²) in [5.74, 6) is 0.213. The second-order valence-corrected chi connectivity index (χ2v) is 8.73. The molecule has 0 spiro atoms. The number of carbonyl (C=O) groups is 1. The largest absolute Gasteiger partial charge is 0.491 e. The summed E-state index contributed by atoms with van der Waals surface area (Å²) in [5.41, 5.74) is 4.66. The van der Waals surface area contributed by atoms with Gasteiger partial charge in [-0.25, -0.2) is 13.8 Å². The number of nitrogens with zero attached hydrogens (tertiary/aromatic N) is 2. The molecular formula is C21H27N3O4S. The van der Waals surface area contributed by atoms with Gasteiger partial charge in [0, 0.05) is 0 Å². The number of amides is 1. The van der Waals surface area contributed by atoms with Crippen molar-refractivity contribution in [1.82, 2.24) is 5.43 Å². The fourth-order valence-corrected chi connectivity index (χ4v) is 3.40. The molecule has 156 valence electrons. The van der Waals surface area contributed by atoms with E-state index in [0.29, 0.717) is 5.69 Å². The Kier molecular flexibility index (Phi) is 7.78. The van der Waals surface area contributed by atoms with E-state index in [1.165, 1.54) is 6.21 Å². The normalized spacial score (nSPS) is 11.6. The number of sulfonamides is 1. The maximum absolute atomic E-state index is 12.2. The van der Waals surface area contributed by atoms with Crippen molar-refractivity contribution < 1.29 is 17.9 Å². The molecule has 0 unspecified atom stereocenters. The minimum Gasteiger partial charge on any atom is -0.491 e. The standard InChI is InChI=1S/C21H27N3O4S/c1-5-17-6-10-19(11-7-17)24(29(4,26)27)15-21(25)23-22-14-18-8-12-20(13-9-18)28-16(2)3/h6-14,16H,5,15H2,1-4H3,(H,23,25)/b22-14-. The molecule has 2 aromatic carbocycles. The lowest BCUT2D eigenvalue weighted by Gasteiger charge is -2.21. The van der Waals surface area contributed by atoms with Gasteiger partial charge in [-0.15, -0.1) is 0 Å². The van der Waals surface area contributed by atoms with E-state index < -0.39 is 15.9 Å². The number of hydrogen-bond acceptors (Lipinski definition) is 5. The third-order valence-electron chi connectivity index (χ3n) is 3.97. The minimum atomic E-state index is -3.62. The molecule has 0 aliphatic heterocycles. The van der Waals surface area contributed by atoms with E-state index in [1.54, 1.807) is 12.1 Å². The van der Waals surface area contributed by atoms with Gasteiger partial charge in [-0.1, -0.05) is 19.1 Å². The fraction of sp³-hybridized carbons (Fsp3) is 0.333. The van der Waals surface area contributed by atoms with Gasteiger partial charge < -0.3 is 4.74 Å². The van der Waals surface area contributed by atoms with Crippen LogP contribution in [-0.4, -0.2) is 39.4 Å². The van der Waals surface area contributed by atoms with Crippen LogP contribution in [0.1, 0.15) is 31.9 Å². The molecule has 2 aromatic rings. The van der Waals surface area contributed by atoms with Gasteiger partial charge in [0.05, 0.1) is 24.3 Å². The van der Waals surface area contributed by atoms with Crippen LogP contribution in [0.5, 0.6) is 5.75 Å². The van der Waals surface area contributed by atoms with Crippen molar-refractivity contribution >= 4 is 27.8 Å². The summed E-state index contributed by atoms with van der Waals surface area (Å²) in [7, 11) is -3.62. The molecule has 0 aliphatic carbocycles. The first-order valence-corrected chi connectivity index (χ1v) is 11.2. The topological polar surface area (TPSA) is 88.1 Å². The molecule has 0 bridgehead atoms. The second kappa shape index (κ2) is 10.1. The molecule has 0 radical (unpaired) electrons. The van der Waals surface area contributed by atoms with Gasteiger partial charge in [0.15, 0.2) is 0 Å². The van der Waals surface area contributed by atoms with Gasteiger partial charge in [-0.2, -0.15) is 5.10 Å². The summed E-state index contributed by atoms with van der Waals surface area (Å²) in [6, 6.07) is 14.3. The molecule has 1 N–H and O–H groups in total. The van der Waals surface area contributed by atoms with Crippen LogP contribution in [0.2, 0.25) is 0 Å². The third-order valence-corrected chi connectivity index (χ3v) is 5.12. The van der Waals surface area contributed by atoms with E-state index in [0.717, 1.165) is 33.9 Å². The molecular weight excluding hydrogens is 390 g/mol. The predicted octanol–water partition coefficient (Wildman–Crippen LogP) is 2.95. The highest BCUT2D eigenvalue weighted by molar-refractivity contribution is 7.92. The van der Waals surface area contributed by atoms with Crippen LogP contribution in [0.3, 0.4) is 0 Å². The zero-order valence-electron chi connectivity index (χ0n) is 17.1. The van der Waals surface area contributed by atoms with E-state index in [4.69, 9.17) is 4.74 Å². The van der Waals surface area contributed by atoms with Crippen LogP contribution in [-0.2, 0) is 21.2 Å². The predicted molar refractivity (Wildman–Crippen MR) is 116 cm³/mol. The van der Waals surface area contributed by atoms with E-state index in [1.807, 2.05) is 57.2 Å². The first kappa shape index (κ1) is 22.4. The van der Waals surface area contributed by atoms with Gasteiger partial charge in [-0.05, 0) is 67.8 Å². The zero-order valence-corrected chi connectivity index (χ0v) is 17.9. The number of aryl methyl sites for hydroxylation is 1. The van der Waals surface area contributed by atoms with Crippen LogP contribution < -0.4 is 14.5 Å². The Hall–Kier alpha value is -2.87. The van der Waals surface area contributed by atoms with Crippen molar-refractivity contribution in [1.29, 1.82) is 0 Å². The van der Waals surface area contributed by atoms with Crippen LogP contribution in [0.15, 0.2) is 53.6 Å². The van der Waals surface area contributed by atoms with Crippen molar-refractivity contribution in [2.45, 2.75) is 33.3 Å². The molecule has 0 saturated heterocycles. The SMILES string of the molecule is CCc1ccc(N(CC(=O)N/N=C\c2ccc(OC(C)C)cc2)S(C)(=O)=O)cc1. The van der Waals surface area contributed by atoms with Gasteiger partial charge in [-0.3, -0.25) is 9.10 Å². The molecule has 0 atom stereocenters. The summed E-state index contributed by atoms with van der Waals surface area (Å²) in [4.78, 5) is 12.2. The first-order valence-electron chi connectivity index (χ1n) is 9.34. The maximum Gasteiger partial charge on any atom is 0.260 e. The van der Waals surface area contributed by atoms with Crippen molar-refractivity contribution in [2.24, 2.45) is 5.10 Å². The summed E-state index contributed by atoms with van der Waals surface area (Å²) < 4.78 is 30.9. The Labute approximate surface area is 172 Å². The highest BCUT2D eigenvalue weighted by Gasteiger charge is 2.20. The molecule has 1 amide bonds. The minimum absolute atomic E-state index is 0.0878. The number of benzene rings is 2. The molecule has 0 saturated carbocycles. The molecule has 0 aliphatic rings. The van der Waals surface area contributed by atoms with Crippen molar-refractivity contribution in [2.75, 3.05) is 17.1 Å². The number of ether oxygens (including phenoxy) is 1. The Morgan fingerprint density at radius 2 is 1.76 bits per heavy atom. The fourth-order valence-electron chi connectivity index (χ4n) is 2.55. The summed E-state index contributed by atoms with van der Waals surface area (Å²) in [6.07, 6.45) is 3.49. The summed E-state index contributed by atoms with van der Waals surface area (Å²) >= 11 is 0. The quantitative estimate of drug-likeness (QED) is 0.502. The number of nitrogens with one attached hydrogen (secondary N) is 1. The molecule has 0 fully saturated rings. The van der Waals surface area contributed by atoms with E-state index in [2.05, 4.69) is 10.5 Å². The first-order chi connectivity index (χ1) is 13.7. The number of anilines is 1. The monoisotopic (exact) mass is 417 g/mol. The second-order valence-electron chi connectivity index (χ2n) is 6.82. The Morgan fingerprint density at radius 3 is 2.28 bits per heavy atom. The van der Waals surface area contributed by atoms with E-state index >= 15 is 0 Å². The average Bonchev–Trinajstić information content (AvgIpc) is 2.66. The average molecular weight is 418 g/mol. The number of carbonyl (C=O) groups excluding carboxylic acids is 1. The summed E-state index contributed by atoms with van der Waals surface area (Å²) in [5, 5.41) is 3.90. The Balaban J connectivity index is 2.00. The van der Waals surface area contributed by atoms with Crippen LogP contribution in [0, 0.1) is 0 Å². The van der Waals surface area contributed by atoms with E-state index in [-0.39, 0.29) is 12.6 Å². The number of rotatable bonds is 9. The van der Waals surface area contributed by atoms with Gasteiger partial charge in [0.25, 0.3) is 5.91 Å². The molecule has 2 rings (SSSR count). The maximum atomic E-state index is 12.2.